The Morgan fingerprint density at radius 1 is 0.879 bits per heavy atom. The molecule has 0 aliphatic carbocycles. The maximum Gasteiger partial charge on any atom is 0.341 e. The van der Waals surface area contributed by atoms with E-state index in [2.05, 4.69) is 13.5 Å². The summed E-state index contributed by atoms with van der Waals surface area (Å²) in [6.07, 6.45) is 3.95. The van der Waals surface area contributed by atoms with Crippen molar-refractivity contribution in [3.05, 3.63) is 89.8 Å². The molecule has 0 spiro atoms. The number of carbonyl (C=O) groups excluding carboxylic acids is 1. The van der Waals surface area contributed by atoms with E-state index in [4.69, 9.17) is 9.84 Å². The van der Waals surface area contributed by atoms with Crippen molar-refractivity contribution in [3.8, 4) is 28.0 Å². The van der Waals surface area contributed by atoms with Crippen LogP contribution in [0.5, 0.6) is 5.75 Å². The van der Waals surface area contributed by atoms with Gasteiger partial charge in [-0.1, -0.05) is 56.7 Å². The molecule has 0 amide bonds. The summed E-state index contributed by atoms with van der Waals surface area (Å²) in [5, 5.41) is 8.90. The van der Waals surface area contributed by atoms with Gasteiger partial charge in [0.05, 0.1) is 12.2 Å². The molecule has 3 rings (SSSR count). The van der Waals surface area contributed by atoms with Gasteiger partial charge >= 0.3 is 5.97 Å². The Morgan fingerprint density at radius 2 is 1.48 bits per heavy atom. The summed E-state index contributed by atoms with van der Waals surface area (Å²) >= 11 is 0. The number of hydrogen-bond donors (Lipinski definition) is 1. The summed E-state index contributed by atoms with van der Waals surface area (Å²) in [5.41, 5.74) is 1.69. The number of hydrogen-bond acceptors (Lipinski definition) is 3. The van der Waals surface area contributed by atoms with Crippen molar-refractivity contribution in [2.45, 2.75) is 32.6 Å². The van der Waals surface area contributed by atoms with Crippen molar-refractivity contribution in [2.75, 3.05) is 6.61 Å². The highest BCUT2D eigenvalue weighted by Crippen LogP contribution is 2.32. The number of aliphatic hydroxyl groups excluding tert-OH is 1. The summed E-state index contributed by atoms with van der Waals surface area (Å²) in [6.45, 7) is 4.81. The number of aryl methyl sites for hydroxylation is 1. The quantitative estimate of drug-likeness (QED) is 0.171. The molecular formula is C27H25F3O3. The molecule has 1 N–H and O–H groups in total. The van der Waals surface area contributed by atoms with Crippen molar-refractivity contribution in [2.24, 2.45) is 0 Å². The summed E-state index contributed by atoms with van der Waals surface area (Å²) in [7, 11) is 0. The third-order valence-electron chi connectivity index (χ3n) is 5.31. The fourth-order valence-corrected chi connectivity index (χ4v) is 3.43. The number of halogens is 3. The molecule has 6 heteroatoms. The lowest BCUT2D eigenvalue weighted by Gasteiger charge is -2.11. The Balaban J connectivity index is 1.81. The van der Waals surface area contributed by atoms with Gasteiger partial charge < -0.3 is 9.84 Å². The van der Waals surface area contributed by atoms with Crippen LogP contribution in [0.4, 0.5) is 13.2 Å². The second kappa shape index (κ2) is 11.0. The van der Waals surface area contributed by atoms with E-state index in [9.17, 15) is 18.0 Å². The Kier molecular flexibility index (Phi) is 8.06. The Hall–Kier alpha value is -3.38. The van der Waals surface area contributed by atoms with Gasteiger partial charge in [0.25, 0.3) is 0 Å². The van der Waals surface area contributed by atoms with E-state index >= 15 is 0 Å². The molecule has 0 heterocycles. The largest absolute Gasteiger partial charge is 0.420 e. The van der Waals surface area contributed by atoms with E-state index in [0.717, 1.165) is 37.3 Å². The molecule has 172 valence electrons. The second-order valence-electron chi connectivity index (χ2n) is 7.76. The van der Waals surface area contributed by atoms with Gasteiger partial charge in [-0.2, -0.15) is 0 Å². The lowest BCUT2D eigenvalue weighted by Crippen LogP contribution is -2.13. The minimum absolute atomic E-state index is 0.117. The van der Waals surface area contributed by atoms with Crippen LogP contribution in [-0.4, -0.2) is 17.7 Å². The number of esters is 1. The van der Waals surface area contributed by atoms with Gasteiger partial charge in [-0.15, -0.1) is 0 Å². The van der Waals surface area contributed by atoms with Crippen LogP contribution in [0.15, 0.2) is 66.7 Å². The van der Waals surface area contributed by atoms with E-state index in [1.807, 2.05) is 6.07 Å². The lowest BCUT2D eigenvalue weighted by molar-refractivity contribution is -0.130. The number of unbranched alkanes of at least 4 members (excludes halogenated alkanes) is 2. The van der Waals surface area contributed by atoms with Gasteiger partial charge in [0, 0.05) is 11.1 Å². The van der Waals surface area contributed by atoms with Crippen LogP contribution in [0.3, 0.4) is 0 Å². The Labute approximate surface area is 191 Å². The molecule has 0 unspecified atom stereocenters. The normalized spacial score (nSPS) is 10.8. The van der Waals surface area contributed by atoms with Gasteiger partial charge in [0.1, 0.15) is 11.6 Å². The molecule has 3 nitrogen and oxygen atoms in total. The van der Waals surface area contributed by atoms with Crippen LogP contribution in [0.2, 0.25) is 0 Å². The van der Waals surface area contributed by atoms with Gasteiger partial charge in [0.15, 0.2) is 11.6 Å². The smallest absolute Gasteiger partial charge is 0.341 e. The van der Waals surface area contributed by atoms with Gasteiger partial charge in [0.2, 0.25) is 0 Å². The highest BCUT2D eigenvalue weighted by Gasteiger charge is 2.15. The average Bonchev–Trinajstić information content (AvgIpc) is 2.80. The predicted molar refractivity (Wildman–Crippen MR) is 122 cm³/mol. The summed E-state index contributed by atoms with van der Waals surface area (Å²) in [4.78, 5) is 11.7. The van der Waals surface area contributed by atoms with Crippen LogP contribution in [0, 0.1) is 17.5 Å². The lowest BCUT2D eigenvalue weighted by atomic mass is 9.97. The van der Waals surface area contributed by atoms with Crippen LogP contribution in [0.1, 0.15) is 31.7 Å². The third-order valence-corrected chi connectivity index (χ3v) is 5.31. The molecule has 0 fully saturated rings. The summed E-state index contributed by atoms with van der Waals surface area (Å²) in [6, 6.07) is 12.8. The molecule has 3 aromatic carbocycles. The van der Waals surface area contributed by atoms with Gasteiger partial charge in [-0.05, 0) is 53.8 Å². The Morgan fingerprint density at radius 3 is 2.06 bits per heavy atom. The van der Waals surface area contributed by atoms with Crippen molar-refractivity contribution < 1.29 is 27.8 Å². The average molecular weight is 454 g/mol. The molecule has 0 aromatic heterocycles. The zero-order valence-corrected chi connectivity index (χ0v) is 18.3. The standard InChI is InChI=1S/C27H25F3O3/c1-3-4-5-6-18-7-10-21(23(28)13-18)19-8-11-22(24(29)14-19)20-9-12-26(25(30)15-20)33-27(32)17(2)16-31/h7-15,31H,2-6,16H2,1H3. The third kappa shape index (κ3) is 5.90. The number of rotatable bonds is 9. The molecule has 0 radical (unpaired) electrons. The van der Waals surface area contributed by atoms with Crippen molar-refractivity contribution in [3.63, 3.8) is 0 Å². The first kappa shape index (κ1) is 24.3. The topological polar surface area (TPSA) is 46.5 Å². The van der Waals surface area contributed by atoms with Crippen LogP contribution >= 0.6 is 0 Å². The molecule has 3 aromatic rings. The van der Waals surface area contributed by atoms with E-state index < -0.39 is 30.0 Å². The maximum atomic E-state index is 14.9. The first-order valence-electron chi connectivity index (χ1n) is 10.7. The highest BCUT2D eigenvalue weighted by molar-refractivity contribution is 5.89. The summed E-state index contributed by atoms with van der Waals surface area (Å²) < 4.78 is 48.8. The van der Waals surface area contributed by atoms with E-state index in [0.29, 0.717) is 5.56 Å². The second-order valence-corrected chi connectivity index (χ2v) is 7.76. The molecule has 0 aliphatic heterocycles. The van der Waals surface area contributed by atoms with Crippen LogP contribution in [-0.2, 0) is 11.2 Å². The highest BCUT2D eigenvalue weighted by atomic mass is 19.1. The SMILES string of the molecule is C=C(CO)C(=O)Oc1ccc(-c2ccc(-c3ccc(CCCCC)cc3F)cc2F)cc1F. The van der Waals surface area contributed by atoms with Crippen LogP contribution in [0.25, 0.3) is 22.3 Å². The number of benzene rings is 3. The van der Waals surface area contributed by atoms with Gasteiger partial charge in [-0.3, -0.25) is 0 Å². The molecular weight excluding hydrogens is 429 g/mol. The first-order valence-corrected chi connectivity index (χ1v) is 10.7. The Bertz CT molecular complexity index is 1170. The number of ether oxygens (including phenoxy) is 1. The fourth-order valence-electron chi connectivity index (χ4n) is 3.43. The van der Waals surface area contributed by atoms with Crippen LogP contribution < -0.4 is 4.74 Å². The monoisotopic (exact) mass is 454 g/mol. The maximum absolute atomic E-state index is 14.9. The van der Waals surface area contributed by atoms with Gasteiger partial charge in [-0.25, -0.2) is 18.0 Å². The molecule has 0 bridgehead atoms. The van der Waals surface area contributed by atoms with Crippen molar-refractivity contribution >= 4 is 5.97 Å². The van der Waals surface area contributed by atoms with E-state index in [-0.39, 0.29) is 28.0 Å². The van der Waals surface area contributed by atoms with E-state index in [1.165, 1.54) is 30.3 Å². The fraction of sp³-hybridized carbons (Fsp3) is 0.222. The molecule has 0 aliphatic rings. The molecule has 0 saturated carbocycles. The first-order chi connectivity index (χ1) is 15.8. The molecule has 33 heavy (non-hydrogen) atoms. The van der Waals surface area contributed by atoms with E-state index in [1.54, 1.807) is 12.1 Å². The molecule has 0 atom stereocenters. The summed E-state index contributed by atoms with van der Waals surface area (Å²) in [5.74, 6) is -3.26. The molecule has 0 saturated heterocycles. The number of carbonyl (C=O) groups is 1. The minimum Gasteiger partial charge on any atom is -0.420 e. The number of aliphatic hydroxyl groups is 1. The van der Waals surface area contributed by atoms with Crippen molar-refractivity contribution in [1.29, 1.82) is 0 Å². The van der Waals surface area contributed by atoms with Crippen molar-refractivity contribution in [1.82, 2.24) is 0 Å². The zero-order valence-electron chi connectivity index (χ0n) is 18.3. The zero-order chi connectivity index (χ0) is 24.0. The minimum atomic E-state index is -0.960. The predicted octanol–water partition coefficient (Wildman–Crippen LogP) is 6.62.